The van der Waals surface area contributed by atoms with Crippen LogP contribution in [0.15, 0.2) is 85.1 Å². The van der Waals surface area contributed by atoms with Crippen LogP contribution < -0.4 is 27.4 Å². The second kappa shape index (κ2) is 15.3. The number of fused-ring (bicyclic) bond motifs is 1. The Kier molecular flexibility index (Phi) is 11.1. The zero-order chi connectivity index (χ0) is 33.2. The number of amides is 4. The fourth-order valence-electron chi connectivity index (χ4n) is 4.99. The third kappa shape index (κ3) is 9.16. The lowest BCUT2D eigenvalue weighted by Gasteiger charge is -2.25. The van der Waals surface area contributed by atoms with Crippen LogP contribution >= 0.6 is 0 Å². The van der Waals surface area contributed by atoms with E-state index in [0.717, 1.165) is 16.5 Å². The smallest absolute Gasteiger partial charge is 0.326 e. The fraction of sp³-hybridized carbons (Fsp3) is 0.242. The predicted molar refractivity (Wildman–Crippen MR) is 169 cm³/mol. The molecule has 0 saturated heterocycles. The monoisotopic (exact) mass is 628 g/mol. The summed E-state index contributed by atoms with van der Waals surface area (Å²) in [5, 5.41) is 27.7. The molecule has 0 spiro atoms. The maximum absolute atomic E-state index is 13.5. The zero-order valence-corrected chi connectivity index (χ0v) is 24.8. The number of carboxylic acid groups (broad SMARTS) is 1. The zero-order valence-electron chi connectivity index (χ0n) is 24.8. The SMILES string of the molecule is NC(=O)CC(NC(=O)C(N)Cc1c[nH]c2ccccc12)C(=O)NC(Cc1ccccc1)C(=O)NC(Cc1ccc(O)cc1)C(=O)O. The number of rotatable bonds is 15. The first kappa shape index (κ1) is 33.2. The molecule has 1 aromatic heterocycles. The third-order valence-electron chi connectivity index (χ3n) is 7.40. The molecule has 4 atom stereocenters. The van der Waals surface area contributed by atoms with E-state index in [2.05, 4.69) is 20.9 Å². The molecule has 0 aliphatic rings. The van der Waals surface area contributed by atoms with Gasteiger partial charge in [0, 0.05) is 29.9 Å². The van der Waals surface area contributed by atoms with Crippen molar-refractivity contribution in [1.29, 1.82) is 0 Å². The van der Waals surface area contributed by atoms with Gasteiger partial charge in [-0.2, -0.15) is 0 Å². The number of phenols is 1. The number of hydrogen-bond acceptors (Lipinski definition) is 7. The third-order valence-corrected chi connectivity index (χ3v) is 7.40. The van der Waals surface area contributed by atoms with Crippen LogP contribution in [0.25, 0.3) is 10.9 Å². The van der Waals surface area contributed by atoms with Crippen LogP contribution in [0.3, 0.4) is 0 Å². The van der Waals surface area contributed by atoms with E-state index in [1.54, 1.807) is 36.5 Å². The molecule has 1 heterocycles. The minimum absolute atomic E-state index is 0.00169. The average molecular weight is 629 g/mol. The molecule has 46 heavy (non-hydrogen) atoms. The summed E-state index contributed by atoms with van der Waals surface area (Å²) in [6.07, 6.45) is 1.18. The molecule has 0 aliphatic carbocycles. The number of aromatic nitrogens is 1. The number of carbonyl (C=O) groups excluding carboxylic acids is 4. The normalized spacial score (nSPS) is 13.6. The second-order valence-corrected chi connectivity index (χ2v) is 10.9. The maximum Gasteiger partial charge on any atom is 0.326 e. The van der Waals surface area contributed by atoms with E-state index in [4.69, 9.17) is 11.5 Å². The summed E-state index contributed by atoms with van der Waals surface area (Å²) in [6, 6.07) is 16.8. The molecule has 4 aromatic rings. The highest BCUT2D eigenvalue weighted by Gasteiger charge is 2.31. The van der Waals surface area contributed by atoms with Gasteiger partial charge in [-0.25, -0.2) is 4.79 Å². The minimum atomic E-state index is -1.46. The van der Waals surface area contributed by atoms with Gasteiger partial charge < -0.3 is 42.6 Å². The van der Waals surface area contributed by atoms with Crippen molar-refractivity contribution in [3.05, 3.63) is 102 Å². The van der Waals surface area contributed by atoms with Crippen molar-refractivity contribution in [3.63, 3.8) is 0 Å². The van der Waals surface area contributed by atoms with Crippen molar-refractivity contribution >= 4 is 40.5 Å². The molecule has 13 heteroatoms. The minimum Gasteiger partial charge on any atom is -0.508 e. The number of primary amides is 1. The number of nitrogens with one attached hydrogen (secondary N) is 4. The summed E-state index contributed by atoms with van der Waals surface area (Å²) in [5.41, 5.74) is 14.4. The molecule has 3 aromatic carbocycles. The molecule has 4 rings (SSSR count). The van der Waals surface area contributed by atoms with Crippen LogP contribution in [-0.2, 0) is 43.2 Å². The van der Waals surface area contributed by atoms with E-state index in [0.29, 0.717) is 11.1 Å². The number of nitrogens with two attached hydrogens (primary N) is 2. The first-order chi connectivity index (χ1) is 22.0. The van der Waals surface area contributed by atoms with Crippen molar-refractivity contribution in [2.45, 2.75) is 49.9 Å². The lowest BCUT2D eigenvalue weighted by Crippen LogP contribution is -2.58. The standard InChI is InChI=1S/C33H36N6O7/c34-24(16-21-18-36-25-9-5-4-8-23(21)25)30(42)37-27(17-29(35)41)32(44)38-26(14-19-6-2-1-3-7-19)31(43)39-28(33(45)46)15-20-10-12-22(40)13-11-20/h1-13,18,24,26-28,36,40H,14-17,34H2,(H2,35,41)(H,37,42)(H,38,44)(H,39,43)(H,45,46). The highest BCUT2D eigenvalue weighted by molar-refractivity contribution is 5.96. The number of aliphatic carboxylic acids is 1. The van der Waals surface area contributed by atoms with Crippen molar-refractivity contribution in [2.24, 2.45) is 11.5 Å². The Morgan fingerprint density at radius 3 is 1.93 bits per heavy atom. The van der Waals surface area contributed by atoms with E-state index in [-0.39, 0.29) is 25.0 Å². The number of para-hydroxylation sites is 1. The average Bonchev–Trinajstić information content (AvgIpc) is 3.43. The van der Waals surface area contributed by atoms with Gasteiger partial charge in [-0.05, 0) is 41.3 Å². The number of aromatic amines is 1. The van der Waals surface area contributed by atoms with Crippen LogP contribution in [0.5, 0.6) is 5.75 Å². The number of H-pyrrole nitrogens is 1. The molecule has 0 saturated carbocycles. The Morgan fingerprint density at radius 2 is 1.26 bits per heavy atom. The molecule has 13 nitrogen and oxygen atoms in total. The van der Waals surface area contributed by atoms with Gasteiger partial charge in [0.15, 0.2) is 0 Å². The molecule has 4 amide bonds. The lowest BCUT2D eigenvalue weighted by atomic mass is 10.0. The molecule has 0 radical (unpaired) electrons. The van der Waals surface area contributed by atoms with Gasteiger partial charge in [0.25, 0.3) is 0 Å². The molecular weight excluding hydrogens is 592 g/mol. The summed E-state index contributed by atoms with van der Waals surface area (Å²) in [5.74, 6) is -4.59. The van der Waals surface area contributed by atoms with E-state index in [9.17, 15) is 34.2 Å². The van der Waals surface area contributed by atoms with Crippen molar-refractivity contribution < 1.29 is 34.2 Å². The van der Waals surface area contributed by atoms with Gasteiger partial charge in [-0.15, -0.1) is 0 Å². The van der Waals surface area contributed by atoms with Crippen LogP contribution in [-0.4, -0.2) is 69.0 Å². The molecule has 240 valence electrons. The lowest BCUT2D eigenvalue weighted by molar-refractivity contribution is -0.142. The first-order valence-corrected chi connectivity index (χ1v) is 14.5. The molecule has 0 fully saturated rings. The van der Waals surface area contributed by atoms with Gasteiger partial charge in [-0.3, -0.25) is 19.2 Å². The van der Waals surface area contributed by atoms with Gasteiger partial charge >= 0.3 is 5.97 Å². The van der Waals surface area contributed by atoms with E-state index in [1.807, 2.05) is 24.3 Å². The maximum atomic E-state index is 13.5. The van der Waals surface area contributed by atoms with Gasteiger partial charge in [0.1, 0.15) is 23.9 Å². The Labute approximate surface area is 264 Å². The summed E-state index contributed by atoms with van der Waals surface area (Å²) >= 11 is 0. The van der Waals surface area contributed by atoms with Gasteiger partial charge in [0.2, 0.25) is 23.6 Å². The van der Waals surface area contributed by atoms with Crippen LogP contribution in [0.2, 0.25) is 0 Å². The number of carboxylic acids is 1. The van der Waals surface area contributed by atoms with Crippen molar-refractivity contribution in [3.8, 4) is 5.75 Å². The number of phenolic OH excluding ortho intramolecular Hbond substituents is 1. The molecular formula is C33H36N6O7. The topological polar surface area (TPSA) is 230 Å². The molecule has 4 unspecified atom stereocenters. The van der Waals surface area contributed by atoms with E-state index < -0.39 is 60.2 Å². The van der Waals surface area contributed by atoms with Crippen molar-refractivity contribution in [2.75, 3.05) is 0 Å². The Bertz CT molecular complexity index is 1690. The van der Waals surface area contributed by atoms with Crippen LogP contribution in [0, 0.1) is 0 Å². The number of benzene rings is 3. The second-order valence-electron chi connectivity index (χ2n) is 10.9. The molecule has 0 bridgehead atoms. The van der Waals surface area contributed by atoms with Crippen LogP contribution in [0.1, 0.15) is 23.1 Å². The summed E-state index contributed by atoms with van der Waals surface area (Å²) in [6.45, 7) is 0. The van der Waals surface area contributed by atoms with E-state index in [1.165, 1.54) is 24.3 Å². The highest BCUT2D eigenvalue weighted by Crippen LogP contribution is 2.19. The molecule has 0 aliphatic heterocycles. The Balaban J connectivity index is 1.49. The number of hydrogen-bond donors (Lipinski definition) is 8. The first-order valence-electron chi connectivity index (χ1n) is 14.5. The number of carbonyl (C=O) groups is 5. The van der Waals surface area contributed by atoms with Crippen molar-refractivity contribution in [1.82, 2.24) is 20.9 Å². The Morgan fingerprint density at radius 1 is 0.696 bits per heavy atom. The summed E-state index contributed by atoms with van der Waals surface area (Å²) < 4.78 is 0. The fourth-order valence-corrected chi connectivity index (χ4v) is 4.99. The van der Waals surface area contributed by atoms with Gasteiger partial charge in [0.05, 0.1) is 12.5 Å². The quantitative estimate of drug-likeness (QED) is 0.0929. The highest BCUT2D eigenvalue weighted by atomic mass is 16.4. The van der Waals surface area contributed by atoms with E-state index >= 15 is 0 Å². The van der Waals surface area contributed by atoms with Crippen LogP contribution in [0.4, 0.5) is 0 Å². The number of aromatic hydroxyl groups is 1. The predicted octanol–water partition coefficient (Wildman–Crippen LogP) is 0.643. The Hall–Kier alpha value is -5.69. The molecule has 10 N–H and O–H groups in total. The largest absolute Gasteiger partial charge is 0.508 e. The summed E-state index contributed by atoms with van der Waals surface area (Å²) in [4.78, 5) is 67.1. The summed E-state index contributed by atoms with van der Waals surface area (Å²) in [7, 11) is 0. The van der Waals surface area contributed by atoms with Gasteiger partial charge in [-0.1, -0.05) is 60.7 Å².